The minimum Gasteiger partial charge on any atom is -0.353 e. The number of nitrogens with one attached hydrogen (secondary N) is 1. The van der Waals surface area contributed by atoms with Gasteiger partial charge in [0.25, 0.3) is 5.91 Å². The molecule has 0 aromatic carbocycles. The Morgan fingerprint density at radius 2 is 2.35 bits per heavy atom. The monoisotopic (exact) mass is 255 g/mol. The van der Waals surface area contributed by atoms with Crippen molar-refractivity contribution < 1.29 is 9.59 Å². The smallest absolute Gasteiger partial charge is 0.271 e. The van der Waals surface area contributed by atoms with E-state index in [0.29, 0.717) is 30.4 Å². The summed E-state index contributed by atoms with van der Waals surface area (Å²) in [5.74, 6) is -0.265. The highest BCUT2D eigenvalue weighted by Gasteiger charge is 2.24. The number of carbonyl (C=O) groups excluding carboxylic acids is 2. The van der Waals surface area contributed by atoms with Crippen LogP contribution in [0, 0.1) is 0 Å². The number of amides is 2. The first-order valence-corrected chi connectivity index (χ1v) is 5.91. The maximum absolute atomic E-state index is 12.2. The fourth-order valence-corrected chi connectivity index (χ4v) is 2.11. The third-order valence-corrected chi connectivity index (χ3v) is 2.96. The molecular formula is C11H14ClN3O2. The van der Waals surface area contributed by atoms with Crippen molar-refractivity contribution in [2.45, 2.75) is 13.5 Å². The molecule has 92 valence electrons. The molecule has 1 aliphatic heterocycles. The van der Waals surface area contributed by atoms with Crippen LogP contribution in [-0.2, 0) is 11.3 Å². The van der Waals surface area contributed by atoms with E-state index in [-0.39, 0.29) is 18.4 Å². The van der Waals surface area contributed by atoms with Crippen LogP contribution in [0.2, 0.25) is 5.02 Å². The van der Waals surface area contributed by atoms with Gasteiger partial charge < -0.3 is 14.8 Å². The standard InChI is InChI=1S/C11H14ClN3O2/c1-2-14-6-8(12)5-9(14)11(17)15-4-3-13-10(16)7-15/h5-6H,2-4,7H2,1H3,(H,13,16). The molecule has 5 nitrogen and oxygen atoms in total. The third kappa shape index (κ3) is 2.44. The first-order valence-electron chi connectivity index (χ1n) is 5.53. The van der Waals surface area contributed by atoms with Gasteiger partial charge in [-0.05, 0) is 13.0 Å². The van der Waals surface area contributed by atoms with Crippen molar-refractivity contribution in [2.24, 2.45) is 0 Å². The van der Waals surface area contributed by atoms with E-state index in [0.717, 1.165) is 0 Å². The molecule has 1 aromatic rings. The minimum absolute atomic E-state index is 0.116. The predicted octanol–water partition coefficient (Wildman–Crippen LogP) is 0.733. The van der Waals surface area contributed by atoms with E-state index in [1.807, 2.05) is 6.92 Å². The molecule has 0 saturated carbocycles. The number of aryl methyl sites for hydroxylation is 1. The average molecular weight is 256 g/mol. The van der Waals surface area contributed by atoms with Gasteiger partial charge in [-0.25, -0.2) is 0 Å². The molecule has 1 fully saturated rings. The van der Waals surface area contributed by atoms with Gasteiger partial charge in [0.1, 0.15) is 5.69 Å². The normalized spacial score (nSPS) is 15.9. The number of rotatable bonds is 2. The van der Waals surface area contributed by atoms with Crippen LogP contribution in [0.4, 0.5) is 0 Å². The molecule has 1 N–H and O–H groups in total. The van der Waals surface area contributed by atoms with E-state index in [2.05, 4.69) is 5.32 Å². The van der Waals surface area contributed by atoms with Crippen LogP contribution < -0.4 is 5.32 Å². The third-order valence-electron chi connectivity index (χ3n) is 2.75. The quantitative estimate of drug-likeness (QED) is 0.847. The Labute approximate surface area is 104 Å². The number of hydrogen-bond donors (Lipinski definition) is 1. The number of piperazine rings is 1. The lowest BCUT2D eigenvalue weighted by Crippen LogP contribution is -2.50. The summed E-state index contributed by atoms with van der Waals surface area (Å²) < 4.78 is 1.79. The van der Waals surface area contributed by atoms with Crippen LogP contribution in [0.5, 0.6) is 0 Å². The first-order chi connectivity index (χ1) is 8.11. The molecule has 0 aliphatic carbocycles. The van der Waals surface area contributed by atoms with E-state index >= 15 is 0 Å². The van der Waals surface area contributed by atoms with Crippen molar-refractivity contribution in [1.82, 2.24) is 14.8 Å². The fraction of sp³-hybridized carbons (Fsp3) is 0.455. The maximum Gasteiger partial charge on any atom is 0.271 e. The summed E-state index contributed by atoms with van der Waals surface area (Å²) in [6.45, 7) is 3.78. The van der Waals surface area contributed by atoms with Gasteiger partial charge in [-0.3, -0.25) is 9.59 Å². The van der Waals surface area contributed by atoms with E-state index in [4.69, 9.17) is 11.6 Å². The average Bonchev–Trinajstić information content (AvgIpc) is 2.69. The van der Waals surface area contributed by atoms with Crippen LogP contribution in [0.25, 0.3) is 0 Å². The predicted molar refractivity (Wildman–Crippen MR) is 64.0 cm³/mol. The summed E-state index contributed by atoms with van der Waals surface area (Å²) in [7, 11) is 0. The molecule has 2 rings (SSSR count). The zero-order chi connectivity index (χ0) is 12.4. The largest absolute Gasteiger partial charge is 0.353 e. The van der Waals surface area contributed by atoms with Crippen molar-refractivity contribution in [2.75, 3.05) is 19.6 Å². The molecule has 6 heteroatoms. The van der Waals surface area contributed by atoms with Gasteiger partial charge in [0.2, 0.25) is 5.91 Å². The van der Waals surface area contributed by atoms with Gasteiger partial charge in [-0.15, -0.1) is 0 Å². The Morgan fingerprint density at radius 1 is 1.59 bits per heavy atom. The Morgan fingerprint density at radius 3 is 3.00 bits per heavy atom. The Bertz CT molecular complexity index is 456. The van der Waals surface area contributed by atoms with Crippen LogP contribution in [0.15, 0.2) is 12.3 Å². The van der Waals surface area contributed by atoms with Crippen molar-refractivity contribution in [1.29, 1.82) is 0 Å². The molecule has 17 heavy (non-hydrogen) atoms. The number of hydrogen-bond acceptors (Lipinski definition) is 2. The Kier molecular flexibility index (Phi) is 3.38. The number of aromatic nitrogens is 1. The lowest BCUT2D eigenvalue weighted by atomic mass is 10.3. The molecule has 0 atom stereocenters. The first kappa shape index (κ1) is 12.0. The molecule has 0 unspecified atom stereocenters. The summed E-state index contributed by atoms with van der Waals surface area (Å²) in [5, 5.41) is 3.23. The minimum atomic E-state index is -0.145. The molecule has 2 amide bonds. The van der Waals surface area contributed by atoms with Gasteiger partial charge in [-0.2, -0.15) is 0 Å². The second-order valence-corrected chi connectivity index (χ2v) is 4.34. The van der Waals surface area contributed by atoms with Crippen molar-refractivity contribution in [3.8, 4) is 0 Å². The SMILES string of the molecule is CCn1cc(Cl)cc1C(=O)N1CCNC(=O)C1. The molecule has 1 aliphatic rings. The van der Waals surface area contributed by atoms with Crippen LogP contribution in [0.3, 0.4) is 0 Å². The molecule has 2 heterocycles. The van der Waals surface area contributed by atoms with Crippen molar-refractivity contribution >= 4 is 23.4 Å². The van der Waals surface area contributed by atoms with E-state index < -0.39 is 0 Å². The summed E-state index contributed by atoms with van der Waals surface area (Å²) in [4.78, 5) is 25.0. The highest BCUT2D eigenvalue weighted by atomic mass is 35.5. The number of carbonyl (C=O) groups is 2. The van der Waals surface area contributed by atoms with Crippen LogP contribution in [0.1, 0.15) is 17.4 Å². The van der Waals surface area contributed by atoms with Crippen LogP contribution >= 0.6 is 11.6 Å². The summed E-state index contributed by atoms with van der Waals surface area (Å²) in [5.41, 5.74) is 0.534. The van der Waals surface area contributed by atoms with Crippen molar-refractivity contribution in [3.05, 3.63) is 23.0 Å². The van der Waals surface area contributed by atoms with Crippen LogP contribution in [-0.4, -0.2) is 40.9 Å². The van der Waals surface area contributed by atoms with Crippen molar-refractivity contribution in [3.63, 3.8) is 0 Å². The molecule has 1 saturated heterocycles. The topological polar surface area (TPSA) is 54.3 Å². The maximum atomic E-state index is 12.2. The second-order valence-electron chi connectivity index (χ2n) is 3.91. The molecule has 0 radical (unpaired) electrons. The zero-order valence-corrected chi connectivity index (χ0v) is 10.3. The van der Waals surface area contributed by atoms with Gasteiger partial charge >= 0.3 is 0 Å². The van der Waals surface area contributed by atoms with Gasteiger partial charge in [0.15, 0.2) is 0 Å². The Balaban J connectivity index is 2.20. The Hall–Kier alpha value is -1.49. The fourth-order valence-electron chi connectivity index (χ4n) is 1.89. The number of halogens is 1. The van der Waals surface area contributed by atoms with E-state index in [1.165, 1.54) is 4.90 Å². The molecule has 0 spiro atoms. The van der Waals surface area contributed by atoms with E-state index in [9.17, 15) is 9.59 Å². The van der Waals surface area contributed by atoms with Gasteiger partial charge in [0.05, 0.1) is 11.6 Å². The van der Waals surface area contributed by atoms with Gasteiger partial charge in [0, 0.05) is 25.8 Å². The van der Waals surface area contributed by atoms with E-state index in [1.54, 1.807) is 16.8 Å². The lowest BCUT2D eigenvalue weighted by molar-refractivity contribution is -0.123. The molecular weight excluding hydrogens is 242 g/mol. The summed E-state index contributed by atoms with van der Waals surface area (Å²) >= 11 is 5.89. The number of nitrogens with zero attached hydrogens (tertiary/aromatic N) is 2. The second kappa shape index (κ2) is 4.79. The molecule has 0 bridgehead atoms. The highest BCUT2D eigenvalue weighted by molar-refractivity contribution is 6.31. The summed E-state index contributed by atoms with van der Waals surface area (Å²) in [6, 6.07) is 1.64. The highest BCUT2D eigenvalue weighted by Crippen LogP contribution is 2.16. The zero-order valence-electron chi connectivity index (χ0n) is 9.57. The molecule has 1 aromatic heterocycles. The summed E-state index contributed by atoms with van der Waals surface area (Å²) in [6.07, 6.45) is 1.72. The van der Waals surface area contributed by atoms with Gasteiger partial charge in [-0.1, -0.05) is 11.6 Å². The lowest BCUT2D eigenvalue weighted by Gasteiger charge is -2.26.